The Labute approximate surface area is 176 Å². The monoisotopic (exact) mass is 470 g/mol. The second kappa shape index (κ2) is 8.27. The number of aromatic nitrogens is 2. The lowest BCUT2D eigenvalue weighted by Crippen LogP contribution is -2.59. The van der Waals surface area contributed by atoms with Gasteiger partial charge in [0.2, 0.25) is 5.88 Å². The molecule has 2 atom stereocenters. The summed E-state index contributed by atoms with van der Waals surface area (Å²) in [6, 6.07) is 1.22. The maximum Gasteiger partial charge on any atom is 0.410 e. The van der Waals surface area contributed by atoms with Crippen LogP contribution >= 0.6 is 15.9 Å². The molecule has 0 unspecified atom stereocenters. The molecule has 0 aliphatic carbocycles. The van der Waals surface area contributed by atoms with Crippen molar-refractivity contribution >= 4 is 32.9 Å². The van der Waals surface area contributed by atoms with Gasteiger partial charge >= 0.3 is 6.09 Å². The zero-order chi connectivity index (χ0) is 21.3. The van der Waals surface area contributed by atoms with Gasteiger partial charge in [-0.2, -0.15) is 0 Å². The van der Waals surface area contributed by atoms with Gasteiger partial charge < -0.3 is 24.8 Å². The lowest BCUT2D eigenvalue weighted by Gasteiger charge is -2.39. The first kappa shape index (κ1) is 21.5. The number of carbonyl (C=O) groups excluding carboxylic acids is 1. The molecule has 158 valence electrons. The zero-order valence-corrected chi connectivity index (χ0v) is 18.3. The molecule has 0 radical (unpaired) electrons. The Hall–Kier alpha value is -2.20. The van der Waals surface area contributed by atoms with E-state index in [4.69, 9.17) is 9.47 Å². The predicted molar refractivity (Wildman–Crippen MR) is 109 cm³/mol. The third-order valence-corrected chi connectivity index (χ3v) is 5.05. The van der Waals surface area contributed by atoms with E-state index >= 15 is 0 Å². The number of nitrogens with one attached hydrogen (secondary N) is 1. The van der Waals surface area contributed by atoms with Gasteiger partial charge in [-0.15, -0.1) is 0 Å². The van der Waals surface area contributed by atoms with Crippen LogP contribution in [0.25, 0.3) is 10.9 Å². The van der Waals surface area contributed by atoms with Crippen LogP contribution in [-0.4, -0.2) is 63.4 Å². The standard InChI is InChI=1S/C19H24BrFN4O4/c1-10-6-22-11(7-25(10)18(27)29-19(2,3)4)8-28-13-5-12(20)15(21)16-14(13)17(26)24-9-23-16/h5,9-11,22H,6-8H2,1-4H3,(H,23,24,26)/t10-,11-/m0/s1. The molecule has 1 aromatic heterocycles. The Morgan fingerprint density at radius 2 is 2.17 bits per heavy atom. The predicted octanol–water partition coefficient (Wildman–Crippen LogP) is 3.21. The smallest absolute Gasteiger partial charge is 0.410 e. The third kappa shape index (κ3) is 4.87. The normalized spacial score (nSPS) is 20.0. The van der Waals surface area contributed by atoms with Gasteiger partial charge in [-0.1, -0.05) is 0 Å². The highest BCUT2D eigenvalue weighted by molar-refractivity contribution is 9.10. The molecule has 1 aromatic carbocycles. The van der Waals surface area contributed by atoms with Crippen LogP contribution in [0, 0.1) is 5.82 Å². The Balaban J connectivity index is 1.75. The molecule has 1 fully saturated rings. The largest absolute Gasteiger partial charge is 0.493 e. The fourth-order valence-electron chi connectivity index (χ4n) is 3.05. The maximum absolute atomic E-state index is 14.3. The van der Waals surface area contributed by atoms with E-state index in [-0.39, 0.29) is 51.8 Å². The molecular weight excluding hydrogens is 447 g/mol. The van der Waals surface area contributed by atoms with Crippen molar-refractivity contribution in [1.29, 1.82) is 0 Å². The number of nitrogens with zero attached hydrogens (tertiary/aromatic N) is 3. The summed E-state index contributed by atoms with van der Waals surface area (Å²) in [4.78, 5) is 21.8. The van der Waals surface area contributed by atoms with Crippen LogP contribution in [0.2, 0.25) is 0 Å². The molecule has 0 bridgehead atoms. The van der Waals surface area contributed by atoms with Crippen molar-refractivity contribution in [3.63, 3.8) is 0 Å². The average Bonchev–Trinajstić information content (AvgIpc) is 2.63. The number of fused-ring (bicyclic) bond motifs is 1. The van der Waals surface area contributed by atoms with E-state index in [1.54, 1.807) is 4.90 Å². The first-order chi connectivity index (χ1) is 13.6. The zero-order valence-electron chi connectivity index (χ0n) is 16.7. The number of carbonyl (C=O) groups is 1. The summed E-state index contributed by atoms with van der Waals surface area (Å²) >= 11 is 3.14. The number of aromatic hydroxyl groups is 1. The summed E-state index contributed by atoms with van der Waals surface area (Å²) in [7, 11) is 0. The third-order valence-electron chi connectivity index (χ3n) is 4.47. The maximum atomic E-state index is 14.3. The minimum atomic E-state index is -0.606. The summed E-state index contributed by atoms with van der Waals surface area (Å²) in [6.45, 7) is 8.56. The van der Waals surface area contributed by atoms with E-state index in [0.29, 0.717) is 13.1 Å². The molecule has 1 saturated heterocycles. The van der Waals surface area contributed by atoms with E-state index in [1.807, 2.05) is 27.7 Å². The van der Waals surface area contributed by atoms with Crippen molar-refractivity contribution in [1.82, 2.24) is 20.2 Å². The van der Waals surface area contributed by atoms with Crippen molar-refractivity contribution in [2.45, 2.75) is 45.4 Å². The Bertz CT molecular complexity index is 921. The van der Waals surface area contributed by atoms with Crippen LogP contribution in [0.1, 0.15) is 27.7 Å². The lowest BCUT2D eigenvalue weighted by molar-refractivity contribution is 0.00749. The second-order valence-corrected chi connectivity index (χ2v) is 8.84. The Kier molecular flexibility index (Phi) is 6.13. The van der Waals surface area contributed by atoms with Gasteiger partial charge in [-0.05, 0) is 49.7 Å². The molecule has 10 heteroatoms. The topological polar surface area (TPSA) is 96.8 Å². The second-order valence-electron chi connectivity index (χ2n) is 7.99. The molecule has 0 spiro atoms. The van der Waals surface area contributed by atoms with Crippen LogP contribution in [-0.2, 0) is 4.74 Å². The molecule has 0 saturated carbocycles. The number of halogens is 2. The van der Waals surface area contributed by atoms with Crippen molar-refractivity contribution in [2.24, 2.45) is 0 Å². The summed E-state index contributed by atoms with van der Waals surface area (Å²) in [5.74, 6) is -0.724. The SMILES string of the molecule is C[C@H]1CN[C@H](COc2cc(Br)c(F)c3ncnc(O)c23)CN1C(=O)OC(C)(C)C. The molecule has 1 aliphatic rings. The summed E-state index contributed by atoms with van der Waals surface area (Å²) in [5, 5.41) is 13.5. The van der Waals surface area contributed by atoms with Gasteiger partial charge in [-0.3, -0.25) is 0 Å². The minimum absolute atomic E-state index is 0.0284. The van der Waals surface area contributed by atoms with Gasteiger partial charge in [0, 0.05) is 19.1 Å². The number of hydrogen-bond donors (Lipinski definition) is 2. The fraction of sp³-hybridized carbons (Fsp3) is 0.526. The number of benzene rings is 1. The highest BCUT2D eigenvalue weighted by Gasteiger charge is 2.32. The highest BCUT2D eigenvalue weighted by atomic mass is 79.9. The van der Waals surface area contributed by atoms with E-state index < -0.39 is 11.4 Å². The summed E-state index contributed by atoms with van der Waals surface area (Å²) in [6.07, 6.45) is 0.706. The van der Waals surface area contributed by atoms with Crippen LogP contribution in [0.4, 0.5) is 9.18 Å². The molecule has 8 nitrogen and oxygen atoms in total. The van der Waals surface area contributed by atoms with Crippen molar-refractivity contribution in [2.75, 3.05) is 19.7 Å². The van der Waals surface area contributed by atoms with Crippen LogP contribution in [0.15, 0.2) is 16.9 Å². The highest BCUT2D eigenvalue weighted by Crippen LogP contribution is 2.36. The van der Waals surface area contributed by atoms with Crippen LogP contribution < -0.4 is 10.1 Å². The van der Waals surface area contributed by atoms with E-state index in [2.05, 4.69) is 31.2 Å². The number of amides is 1. The summed E-state index contributed by atoms with van der Waals surface area (Å²) < 4.78 is 25.8. The molecule has 2 heterocycles. The molecule has 3 rings (SSSR count). The molecule has 1 amide bonds. The molecule has 29 heavy (non-hydrogen) atoms. The Morgan fingerprint density at radius 3 is 2.86 bits per heavy atom. The van der Waals surface area contributed by atoms with Gasteiger partial charge in [0.05, 0.1) is 10.5 Å². The molecule has 2 aromatic rings. The van der Waals surface area contributed by atoms with Crippen molar-refractivity contribution in [3.05, 3.63) is 22.7 Å². The summed E-state index contributed by atoms with van der Waals surface area (Å²) in [5.41, 5.74) is -0.618. The fourth-order valence-corrected chi connectivity index (χ4v) is 3.45. The van der Waals surface area contributed by atoms with Crippen LogP contribution in [0.5, 0.6) is 11.6 Å². The number of ether oxygens (including phenoxy) is 2. The quantitative estimate of drug-likeness (QED) is 0.710. The molecule has 1 aliphatic heterocycles. The van der Waals surface area contributed by atoms with Gasteiger partial charge in [0.25, 0.3) is 0 Å². The van der Waals surface area contributed by atoms with Crippen molar-refractivity contribution < 1.29 is 23.8 Å². The molecular formula is C19H24BrFN4O4. The Morgan fingerprint density at radius 1 is 1.45 bits per heavy atom. The van der Waals surface area contributed by atoms with Gasteiger partial charge in [0.15, 0.2) is 5.82 Å². The van der Waals surface area contributed by atoms with Crippen molar-refractivity contribution in [3.8, 4) is 11.6 Å². The first-order valence-corrected chi connectivity index (χ1v) is 10.0. The number of rotatable bonds is 3. The molecule has 2 N–H and O–H groups in total. The van der Waals surface area contributed by atoms with E-state index in [1.165, 1.54) is 6.07 Å². The first-order valence-electron chi connectivity index (χ1n) is 9.24. The lowest BCUT2D eigenvalue weighted by atomic mass is 10.1. The van der Waals surface area contributed by atoms with E-state index in [9.17, 15) is 14.3 Å². The van der Waals surface area contributed by atoms with Gasteiger partial charge in [0.1, 0.15) is 35.2 Å². The average molecular weight is 471 g/mol. The van der Waals surface area contributed by atoms with E-state index in [0.717, 1.165) is 6.33 Å². The number of piperazine rings is 1. The van der Waals surface area contributed by atoms with Gasteiger partial charge in [-0.25, -0.2) is 19.2 Å². The number of hydrogen-bond acceptors (Lipinski definition) is 7. The minimum Gasteiger partial charge on any atom is -0.493 e. The van der Waals surface area contributed by atoms with Crippen LogP contribution in [0.3, 0.4) is 0 Å².